The topological polar surface area (TPSA) is 30.5 Å². The normalized spacial score (nSPS) is 12.7. The Morgan fingerprint density at radius 3 is 2.67 bits per heavy atom. The molecule has 0 fully saturated rings. The van der Waals surface area contributed by atoms with Gasteiger partial charge >= 0.3 is 0 Å². The summed E-state index contributed by atoms with van der Waals surface area (Å²) in [6, 6.07) is 6.02. The van der Waals surface area contributed by atoms with Crippen molar-refractivity contribution in [1.82, 2.24) is 0 Å². The monoisotopic (exact) mass is 249 g/mol. The highest BCUT2D eigenvalue weighted by molar-refractivity contribution is 5.55. The van der Waals surface area contributed by atoms with Crippen molar-refractivity contribution in [2.75, 3.05) is 18.7 Å². The van der Waals surface area contributed by atoms with Crippen LogP contribution in [0.25, 0.3) is 0 Å². The first kappa shape index (κ1) is 13.1. The maximum atomic E-state index is 5.35. The molecule has 0 aliphatic carbocycles. The Morgan fingerprint density at radius 2 is 1.78 bits per heavy atom. The number of nitrogens with one attached hydrogen (secondary N) is 1. The molecule has 18 heavy (non-hydrogen) atoms. The van der Waals surface area contributed by atoms with E-state index < -0.39 is 0 Å². The Labute approximate surface area is 109 Å². The largest absolute Gasteiger partial charge is 0.454 e. The number of rotatable bonds is 8. The standard InChI is InChI=1S/C15H23NO2/c1-2-3-4-5-6-7-10-16-13-8-9-14-15(11-13)18-12-17-14/h8-9,11,16H,2-7,10,12H2,1H3. The smallest absolute Gasteiger partial charge is 0.231 e. The highest BCUT2D eigenvalue weighted by Gasteiger charge is 2.12. The fourth-order valence-corrected chi connectivity index (χ4v) is 2.14. The van der Waals surface area contributed by atoms with Crippen molar-refractivity contribution in [3.05, 3.63) is 18.2 Å². The van der Waals surface area contributed by atoms with Crippen molar-refractivity contribution >= 4 is 5.69 Å². The third kappa shape index (κ3) is 3.83. The highest BCUT2D eigenvalue weighted by Crippen LogP contribution is 2.34. The summed E-state index contributed by atoms with van der Waals surface area (Å²) in [5, 5.41) is 3.43. The van der Waals surface area contributed by atoms with E-state index in [9.17, 15) is 0 Å². The summed E-state index contributed by atoms with van der Waals surface area (Å²) in [5.74, 6) is 1.70. The van der Waals surface area contributed by atoms with Crippen molar-refractivity contribution in [3.63, 3.8) is 0 Å². The van der Waals surface area contributed by atoms with Gasteiger partial charge in [0.1, 0.15) is 0 Å². The Hall–Kier alpha value is -1.38. The lowest BCUT2D eigenvalue weighted by molar-refractivity contribution is 0.174. The predicted molar refractivity (Wildman–Crippen MR) is 74.4 cm³/mol. The third-order valence-corrected chi connectivity index (χ3v) is 3.23. The van der Waals surface area contributed by atoms with Crippen LogP contribution >= 0.6 is 0 Å². The molecule has 1 aromatic carbocycles. The molecule has 2 rings (SSSR count). The lowest BCUT2D eigenvalue weighted by Crippen LogP contribution is -2.01. The lowest BCUT2D eigenvalue weighted by Gasteiger charge is -2.07. The SMILES string of the molecule is CCCCCCCCNc1ccc2c(c1)OCO2. The molecule has 100 valence electrons. The predicted octanol–water partition coefficient (Wildman–Crippen LogP) is 4.19. The van der Waals surface area contributed by atoms with Gasteiger partial charge in [0.25, 0.3) is 0 Å². The van der Waals surface area contributed by atoms with E-state index in [1.54, 1.807) is 0 Å². The maximum Gasteiger partial charge on any atom is 0.231 e. The molecule has 0 aromatic heterocycles. The molecule has 0 atom stereocenters. The minimum Gasteiger partial charge on any atom is -0.454 e. The summed E-state index contributed by atoms with van der Waals surface area (Å²) in [5.41, 5.74) is 1.12. The van der Waals surface area contributed by atoms with E-state index in [1.807, 2.05) is 18.2 Å². The summed E-state index contributed by atoms with van der Waals surface area (Å²) >= 11 is 0. The minimum atomic E-state index is 0.343. The van der Waals surface area contributed by atoms with E-state index in [0.29, 0.717) is 6.79 Å². The fourth-order valence-electron chi connectivity index (χ4n) is 2.14. The van der Waals surface area contributed by atoms with Crippen LogP contribution < -0.4 is 14.8 Å². The van der Waals surface area contributed by atoms with Crippen LogP contribution in [0.1, 0.15) is 45.4 Å². The molecule has 3 nitrogen and oxygen atoms in total. The Kier molecular flexibility index (Phi) is 5.18. The summed E-state index contributed by atoms with van der Waals surface area (Å²) in [4.78, 5) is 0. The molecule has 0 bridgehead atoms. The molecule has 0 spiro atoms. The van der Waals surface area contributed by atoms with E-state index in [1.165, 1.54) is 38.5 Å². The molecule has 1 aliphatic rings. The number of benzene rings is 1. The Balaban J connectivity index is 1.62. The second-order valence-corrected chi connectivity index (χ2v) is 4.76. The zero-order valence-electron chi connectivity index (χ0n) is 11.2. The average Bonchev–Trinajstić information content (AvgIpc) is 2.85. The number of hydrogen-bond donors (Lipinski definition) is 1. The van der Waals surface area contributed by atoms with Gasteiger partial charge in [-0.3, -0.25) is 0 Å². The van der Waals surface area contributed by atoms with E-state index >= 15 is 0 Å². The van der Waals surface area contributed by atoms with Gasteiger partial charge in [0.2, 0.25) is 6.79 Å². The minimum absolute atomic E-state index is 0.343. The molecule has 0 amide bonds. The maximum absolute atomic E-state index is 5.35. The zero-order chi connectivity index (χ0) is 12.6. The van der Waals surface area contributed by atoms with E-state index in [-0.39, 0.29) is 0 Å². The van der Waals surface area contributed by atoms with Gasteiger partial charge in [0, 0.05) is 18.3 Å². The molecule has 0 unspecified atom stereocenters. The summed E-state index contributed by atoms with van der Waals surface area (Å²) < 4.78 is 10.6. The quantitative estimate of drug-likeness (QED) is 0.701. The molecule has 0 radical (unpaired) electrons. The van der Waals surface area contributed by atoms with Crippen LogP contribution in [-0.4, -0.2) is 13.3 Å². The van der Waals surface area contributed by atoms with E-state index in [4.69, 9.17) is 9.47 Å². The van der Waals surface area contributed by atoms with Gasteiger partial charge in [0.05, 0.1) is 0 Å². The van der Waals surface area contributed by atoms with Crippen LogP contribution in [0.3, 0.4) is 0 Å². The zero-order valence-corrected chi connectivity index (χ0v) is 11.2. The third-order valence-electron chi connectivity index (χ3n) is 3.23. The van der Waals surface area contributed by atoms with Crippen molar-refractivity contribution in [2.45, 2.75) is 45.4 Å². The summed E-state index contributed by atoms with van der Waals surface area (Å²) in [6.07, 6.45) is 7.97. The number of unbranched alkanes of at least 4 members (excludes halogenated alkanes) is 5. The first-order valence-corrected chi connectivity index (χ1v) is 7.03. The van der Waals surface area contributed by atoms with E-state index in [2.05, 4.69) is 12.2 Å². The number of ether oxygens (including phenoxy) is 2. The summed E-state index contributed by atoms with van der Waals surface area (Å²) in [7, 11) is 0. The van der Waals surface area contributed by atoms with Crippen molar-refractivity contribution in [3.8, 4) is 11.5 Å². The van der Waals surface area contributed by atoms with Gasteiger partial charge in [-0.05, 0) is 18.6 Å². The molecule has 3 heteroatoms. The molecule has 1 aromatic rings. The van der Waals surface area contributed by atoms with Crippen molar-refractivity contribution < 1.29 is 9.47 Å². The Bertz CT molecular complexity index is 366. The van der Waals surface area contributed by atoms with Gasteiger partial charge in [0.15, 0.2) is 11.5 Å². The molecular formula is C15H23NO2. The molecule has 1 N–H and O–H groups in total. The molecule has 0 saturated carbocycles. The lowest BCUT2D eigenvalue weighted by atomic mass is 10.1. The van der Waals surface area contributed by atoms with Gasteiger partial charge in [-0.25, -0.2) is 0 Å². The molecule has 0 saturated heterocycles. The van der Waals surface area contributed by atoms with Crippen molar-refractivity contribution in [1.29, 1.82) is 0 Å². The summed E-state index contributed by atoms with van der Waals surface area (Å²) in [6.45, 7) is 3.63. The van der Waals surface area contributed by atoms with Gasteiger partial charge < -0.3 is 14.8 Å². The first-order chi connectivity index (χ1) is 8.90. The van der Waals surface area contributed by atoms with Crippen molar-refractivity contribution in [2.24, 2.45) is 0 Å². The molecular weight excluding hydrogens is 226 g/mol. The molecule has 1 aliphatic heterocycles. The Morgan fingerprint density at radius 1 is 1.00 bits per heavy atom. The number of anilines is 1. The second kappa shape index (κ2) is 7.14. The number of fused-ring (bicyclic) bond motifs is 1. The van der Waals surface area contributed by atoms with Gasteiger partial charge in [-0.2, -0.15) is 0 Å². The average molecular weight is 249 g/mol. The van der Waals surface area contributed by atoms with Crippen LogP contribution in [-0.2, 0) is 0 Å². The van der Waals surface area contributed by atoms with Crippen LogP contribution in [0.15, 0.2) is 18.2 Å². The highest BCUT2D eigenvalue weighted by atomic mass is 16.7. The fraction of sp³-hybridized carbons (Fsp3) is 0.600. The molecule has 1 heterocycles. The van der Waals surface area contributed by atoms with Crippen LogP contribution in [0.2, 0.25) is 0 Å². The first-order valence-electron chi connectivity index (χ1n) is 7.03. The van der Waals surface area contributed by atoms with Gasteiger partial charge in [-0.15, -0.1) is 0 Å². The number of hydrogen-bond acceptors (Lipinski definition) is 3. The van der Waals surface area contributed by atoms with Crippen LogP contribution in [0.4, 0.5) is 5.69 Å². The van der Waals surface area contributed by atoms with Gasteiger partial charge in [-0.1, -0.05) is 39.0 Å². The second-order valence-electron chi connectivity index (χ2n) is 4.76. The van der Waals surface area contributed by atoms with Crippen LogP contribution in [0.5, 0.6) is 11.5 Å². The van der Waals surface area contributed by atoms with E-state index in [0.717, 1.165) is 23.7 Å². The van der Waals surface area contributed by atoms with Crippen LogP contribution in [0, 0.1) is 0 Å².